The summed E-state index contributed by atoms with van der Waals surface area (Å²) in [6.07, 6.45) is 0.179. The summed E-state index contributed by atoms with van der Waals surface area (Å²) in [6.45, 7) is 2.78. The molecule has 23 heavy (non-hydrogen) atoms. The van der Waals surface area contributed by atoms with Crippen LogP contribution < -0.4 is 10.1 Å². The van der Waals surface area contributed by atoms with Crippen molar-refractivity contribution in [2.24, 2.45) is 0 Å². The van der Waals surface area contributed by atoms with Crippen LogP contribution in [0, 0.1) is 0 Å². The van der Waals surface area contributed by atoms with E-state index in [-0.39, 0.29) is 18.2 Å². The molecule has 1 unspecified atom stereocenters. The van der Waals surface area contributed by atoms with Crippen LogP contribution in [-0.4, -0.2) is 60.9 Å². The minimum absolute atomic E-state index is 0.0460. The van der Waals surface area contributed by atoms with Gasteiger partial charge in [-0.15, -0.1) is 0 Å². The molecule has 2 aliphatic heterocycles. The molecule has 0 saturated carbocycles. The number of amides is 2. The van der Waals surface area contributed by atoms with E-state index in [1.54, 1.807) is 11.0 Å². The first kappa shape index (κ1) is 16.1. The number of likely N-dealkylation sites (N-methyl/N-ethyl adjacent to an activating group) is 1. The summed E-state index contributed by atoms with van der Waals surface area (Å²) in [5, 5.41) is 3.43. The molecule has 2 heterocycles. The third-order valence-electron chi connectivity index (χ3n) is 4.32. The van der Waals surface area contributed by atoms with Gasteiger partial charge in [0.2, 0.25) is 11.8 Å². The molecule has 2 aliphatic rings. The smallest absolute Gasteiger partial charge is 0.237 e. The van der Waals surface area contributed by atoms with E-state index in [0.29, 0.717) is 31.3 Å². The van der Waals surface area contributed by atoms with Gasteiger partial charge in [0, 0.05) is 30.2 Å². The zero-order valence-electron chi connectivity index (χ0n) is 13.0. The second-order valence-corrected chi connectivity index (χ2v) is 6.34. The van der Waals surface area contributed by atoms with Gasteiger partial charge in [-0.25, -0.2) is 0 Å². The van der Waals surface area contributed by atoms with E-state index in [4.69, 9.17) is 16.3 Å². The van der Waals surface area contributed by atoms with Gasteiger partial charge in [-0.1, -0.05) is 11.6 Å². The summed E-state index contributed by atoms with van der Waals surface area (Å²) in [6, 6.07) is 5.02. The van der Waals surface area contributed by atoms with Crippen LogP contribution in [0.4, 0.5) is 0 Å². The summed E-state index contributed by atoms with van der Waals surface area (Å²) < 4.78 is 5.67. The Morgan fingerprint density at radius 2 is 2.26 bits per heavy atom. The molecule has 0 aliphatic carbocycles. The number of benzene rings is 1. The number of hydrogen-bond donors (Lipinski definition) is 1. The number of carbonyl (C=O) groups excluding carboxylic acids is 2. The monoisotopic (exact) mass is 337 g/mol. The molecular weight excluding hydrogens is 318 g/mol. The lowest BCUT2D eigenvalue weighted by Gasteiger charge is -2.32. The van der Waals surface area contributed by atoms with E-state index in [1.807, 2.05) is 24.1 Å². The number of hydrogen-bond acceptors (Lipinski definition) is 4. The Labute approximate surface area is 140 Å². The molecule has 7 heteroatoms. The number of piperazine rings is 1. The molecule has 1 N–H and O–H groups in total. The summed E-state index contributed by atoms with van der Waals surface area (Å²) >= 11 is 6.03. The zero-order chi connectivity index (χ0) is 16.4. The van der Waals surface area contributed by atoms with Crippen molar-refractivity contribution < 1.29 is 14.3 Å². The minimum atomic E-state index is -0.403. The van der Waals surface area contributed by atoms with E-state index >= 15 is 0 Å². The van der Waals surface area contributed by atoms with Gasteiger partial charge in [-0.05, 0) is 25.2 Å². The molecular formula is C16H20ClN3O3. The van der Waals surface area contributed by atoms with Gasteiger partial charge in [0.05, 0.1) is 19.0 Å². The van der Waals surface area contributed by atoms with Crippen LogP contribution in [0.5, 0.6) is 5.75 Å². The summed E-state index contributed by atoms with van der Waals surface area (Å²) in [7, 11) is 1.87. The molecule has 1 atom stereocenters. The second kappa shape index (κ2) is 6.76. The maximum Gasteiger partial charge on any atom is 0.237 e. The average molecular weight is 338 g/mol. The van der Waals surface area contributed by atoms with Gasteiger partial charge in [0.25, 0.3) is 0 Å². The van der Waals surface area contributed by atoms with E-state index in [2.05, 4.69) is 5.32 Å². The van der Waals surface area contributed by atoms with Crippen LogP contribution in [0.3, 0.4) is 0 Å². The number of nitrogens with zero attached hydrogens (tertiary/aromatic N) is 2. The molecule has 6 nitrogen and oxygen atoms in total. The zero-order valence-corrected chi connectivity index (χ0v) is 13.8. The van der Waals surface area contributed by atoms with E-state index < -0.39 is 6.04 Å². The molecule has 1 aromatic rings. The fourth-order valence-electron chi connectivity index (χ4n) is 2.95. The minimum Gasteiger partial charge on any atom is -0.491 e. The van der Waals surface area contributed by atoms with Crippen molar-refractivity contribution in [2.45, 2.75) is 19.0 Å². The highest BCUT2D eigenvalue weighted by Gasteiger charge is 2.31. The van der Waals surface area contributed by atoms with E-state index in [9.17, 15) is 9.59 Å². The lowest BCUT2D eigenvalue weighted by molar-refractivity contribution is -0.138. The van der Waals surface area contributed by atoms with Crippen LogP contribution in [0.15, 0.2) is 18.2 Å². The molecule has 1 fully saturated rings. The predicted octanol–water partition coefficient (Wildman–Crippen LogP) is 0.881. The largest absolute Gasteiger partial charge is 0.491 e. The topological polar surface area (TPSA) is 61.9 Å². The van der Waals surface area contributed by atoms with Gasteiger partial charge < -0.3 is 15.0 Å². The highest BCUT2D eigenvalue weighted by molar-refractivity contribution is 6.30. The molecule has 0 radical (unpaired) electrons. The maximum atomic E-state index is 12.6. The van der Waals surface area contributed by atoms with Crippen molar-refractivity contribution in [3.63, 3.8) is 0 Å². The Bertz CT molecular complexity index is 623. The number of rotatable bonds is 2. The van der Waals surface area contributed by atoms with Gasteiger partial charge >= 0.3 is 0 Å². The van der Waals surface area contributed by atoms with E-state index in [0.717, 1.165) is 17.9 Å². The van der Waals surface area contributed by atoms with Crippen molar-refractivity contribution in [1.82, 2.24) is 15.1 Å². The Morgan fingerprint density at radius 1 is 1.43 bits per heavy atom. The van der Waals surface area contributed by atoms with Gasteiger partial charge in [0.15, 0.2) is 0 Å². The molecule has 1 aromatic carbocycles. The molecule has 2 amide bonds. The second-order valence-electron chi connectivity index (χ2n) is 5.91. The highest BCUT2D eigenvalue weighted by Crippen LogP contribution is 2.26. The van der Waals surface area contributed by atoms with Crippen LogP contribution >= 0.6 is 11.6 Å². The number of fused-ring (bicyclic) bond motifs is 1. The molecule has 124 valence electrons. The first-order valence-corrected chi connectivity index (χ1v) is 8.09. The number of carbonyl (C=O) groups is 2. The van der Waals surface area contributed by atoms with Gasteiger partial charge in [-0.2, -0.15) is 0 Å². The Morgan fingerprint density at radius 3 is 3.04 bits per heavy atom. The number of ether oxygens (including phenoxy) is 1. The quantitative estimate of drug-likeness (QED) is 0.870. The molecule has 0 aromatic heterocycles. The van der Waals surface area contributed by atoms with Crippen LogP contribution in [-0.2, 0) is 16.1 Å². The summed E-state index contributed by atoms with van der Waals surface area (Å²) in [5.41, 5.74) is 0.893. The molecule has 1 saturated heterocycles. The fraction of sp³-hybridized carbons (Fsp3) is 0.500. The molecule has 3 rings (SSSR count). The SMILES string of the molecule is CN1CCNC(=O)C1CC(=O)N1CCOc2ccc(Cl)cc2C1. The lowest BCUT2D eigenvalue weighted by atomic mass is 10.1. The van der Waals surface area contributed by atoms with Crippen LogP contribution in [0.25, 0.3) is 0 Å². The summed E-state index contributed by atoms with van der Waals surface area (Å²) in [5.74, 6) is 0.633. The van der Waals surface area contributed by atoms with Crippen LogP contribution in [0.2, 0.25) is 5.02 Å². The Balaban J connectivity index is 1.71. The standard InChI is InChI=1S/C16H20ClN3O3/c1-19-5-4-18-16(22)13(19)9-15(21)20-6-7-23-14-3-2-12(17)8-11(14)10-20/h2-3,8,13H,4-7,9-10H2,1H3,(H,18,22). The van der Waals surface area contributed by atoms with Crippen molar-refractivity contribution in [2.75, 3.05) is 33.3 Å². The van der Waals surface area contributed by atoms with Crippen LogP contribution in [0.1, 0.15) is 12.0 Å². The maximum absolute atomic E-state index is 12.6. The summed E-state index contributed by atoms with van der Waals surface area (Å²) in [4.78, 5) is 28.3. The van der Waals surface area contributed by atoms with Crippen molar-refractivity contribution in [1.29, 1.82) is 0 Å². The fourth-order valence-corrected chi connectivity index (χ4v) is 3.14. The Hall–Kier alpha value is -1.79. The van der Waals surface area contributed by atoms with Crippen molar-refractivity contribution in [3.05, 3.63) is 28.8 Å². The normalized spacial score (nSPS) is 21.9. The third kappa shape index (κ3) is 3.59. The molecule has 0 bridgehead atoms. The number of nitrogens with one attached hydrogen (secondary N) is 1. The van der Waals surface area contributed by atoms with Gasteiger partial charge in [-0.3, -0.25) is 14.5 Å². The average Bonchev–Trinajstić information content (AvgIpc) is 2.72. The lowest BCUT2D eigenvalue weighted by Crippen LogP contribution is -2.55. The highest BCUT2D eigenvalue weighted by atomic mass is 35.5. The number of halogens is 1. The first-order valence-electron chi connectivity index (χ1n) is 7.71. The predicted molar refractivity (Wildman–Crippen MR) is 86.4 cm³/mol. The third-order valence-corrected chi connectivity index (χ3v) is 4.56. The van der Waals surface area contributed by atoms with Gasteiger partial charge in [0.1, 0.15) is 12.4 Å². The molecule has 0 spiro atoms. The van der Waals surface area contributed by atoms with Crippen molar-refractivity contribution in [3.8, 4) is 5.75 Å². The van der Waals surface area contributed by atoms with E-state index in [1.165, 1.54) is 0 Å². The Kier molecular flexibility index (Phi) is 4.73. The van der Waals surface area contributed by atoms with Crippen molar-refractivity contribution >= 4 is 23.4 Å². The first-order chi connectivity index (χ1) is 11.0.